The van der Waals surface area contributed by atoms with E-state index in [4.69, 9.17) is 11.6 Å². The minimum absolute atomic E-state index is 0.156. The Morgan fingerprint density at radius 2 is 2.06 bits per heavy atom. The second-order valence-electron chi connectivity index (χ2n) is 5.20. The van der Waals surface area contributed by atoms with Crippen molar-refractivity contribution in [1.82, 2.24) is 10.3 Å². The fourth-order valence-electron chi connectivity index (χ4n) is 2.59. The number of aromatic nitrogens is 1. The van der Waals surface area contributed by atoms with E-state index in [2.05, 4.69) is 23.3 Å². The summed E-state index contributed by atoms with van der Waals surface area (Å²) in [6.07, 6.45) is 10.2. The van der Waals surface area contributed by atoms with Gasteiger partial charge in [0.2, 0.25) is 0 Å². The summed E-state index contributed by atoms with van der Waals surface area (Å²) in [5, 5.41) is 3.66. The molecule has 0 amide bonds. The number of hydrogen-bond donors (Lipinski definition) is 1. The fraction of sp³-hybridized carbons (Fsp3) is 0.643. The molecule has 0 radical (unpaired) electrons. The molecule has 3 heteroatoms. The molecule has 1 N–H and O–H groups in total. The highest BCUT2D eigenvalue weighted by Gasteiger charge is 2.30. The molecule has 0 aliphatic heterocycles. The molecular weight excluding hydrogens is 232 g/mol. The van der Waals surface area contributed by atoms with E-state index >= 15 is 0 Å². The summed E-state index contributed by atoms with van der Waals surface area (Å²) in [5.41, 5.74) is 2.62. The Balaban J connectivity index is 1.95. The Kier molecular flexibility index (Phi) is 4.41. The maximum atomic E-state index is 6.16. The van der Waals surface area contributed by atoms with E-state index in [0.29, 0.717) is 5.88 Å². The maximum absolute atomic E-state index is 6.16. The van der Waals surface area contributed by atoms with E-state index in [1.54, 1.807) is 0 Å². The molecule has 1 aliphatic carbocycles. The summed E-state index contributed by atoms with van der Waals surface area (Å²) < 4.78 is 0. The SMILES string of the molecule is Cc1cncc(CNC2(CCl)CCCCC2)c1. The molecule has 0 unspecified atom stereocenters. The highest BCUT2D eigenvalue weighted by Crippen LogP contribution is 2.29. The van der Waals surface area contributed by atoms with Gasteiger partial charge in [-0.2, -0.15) is 0 Å². The average Bonchev–Trinajstić information content (AvgIpc) is 2.38. The van der Waals surface area contributed by atoms with E-state index in [1.807, 2.05) is 12.4 Å². The molecule has 2 nitrogen and oxygen atoms in total. The van der Waals surface area contributed by atoms with Gasteiger partial charge in [0.05, 0.1) is 0 Å². The first-order valence-electron chi connectivity index (χ1n) is 6.46. The lowest BCUT2D eigenvalue weighted by Gasteiger charge is -2.36. The van der Waals surface area contributed by atoms with Crippen molar-refractivity contribution in [2.24, 2.45) is 0 Å². The zero-order valence-electron chi connectivity index (χ0n) is 10.5. The van der Waals surface area contributed by atoms with Gasteiger partial charge in [-0.3, -0.25) is 4.98 Å². The van der Waals surface area contributed by atoms with Crippen LogP contribution in [0.4, 0.5) is 0 Å². The van der Waals surface area contributed by atoms with Crippen molar-refractivity contribution in [1.29, 1.82) is 0 Å². The lowest BCUT2D eigenvalue weighted by molar-refractivity contribution is 0.256. The number of hydrogen-bond acceptors (Lipinski definition) is 2. The van der Waals surface area contributed by atoms with Gasteiger partial charge in [-0.05, 0) is 30.9 Å². The zero-order valence-corrected chi connectivity index (χ0v) is 11.3. The highest BCUT2D eigenvalue weighted by atomic mass is 35.5. The normalized spacial score (nSPS) is 19.2. The van der Waals surface area contributed by atoms with Gasteiger partial charge in [-0.15, -0.1) is 11.6 Å². The van der Waals surface area contributed by atoms with Gasteiger partial charge in [0.25, 0.3) is 0 Å². The Morgan fingerprint density at radius 1 is 1.29 bits per heavy atom. The van der Waals surface area contributed by atoms with Crippen LogP contribution in [0.2, 0.25) is 0 Å². The Hall–Kier alpha value is -0.600. The van der Waals surface area contributed by atoms with Crippen molar-refractivity contribution in [2.75, 3.05) is 5.88 Å². The van der Waals surface area contributed by atoms with Crippen LogP contribution in [0.25, 0.3) is 0 Å². The molecule has 2 rings (SSSR count). The monoisotopic (exact) mass is 252 g/mol. The summed E-state index contributed by atoms with van der Waals surface area (Å²) in [5.74, 6) is 0.715. The Bertz CT molecular complexity index is 359. The first-order valence-corrected chi connectivity index (χ1v) is 6.99. The quantitative estimate of drug-likeness (QED) is 0.831. The van der Waals surface area contributed by atoms with Crippen LogP contribution in [0.15, 0.2) is 18.5 Å². The van der Waals surface area contributed by atoms with E-state index in [9.17, 15) is 0 Å². The summed E-state index contributed by atoms with van der Waals surface area (Å²) in [6, 6.07) is 2.19. The largest absolute Gasteiger partial charge is 0.306 e. The third-order valence-corrected chi connectivity index (χ3v) is 4.18. The molecule has 1 heterocycles. The van der Waals surface area contributed by atoms with Crippen molar-refractivity contribution in [3.63, 3.8) is 0 Å². The molecular formula is C14H21ClN2. The van der Waals surface area contributed by atoms with E-state index in [0.717, 1.165) is 6.54 Å². The molecule has 0 spiro atoms. The minimum atomic E-state index is 0.156. The van der Waals surface area contributed by atoms with Crippen LogP contribution in [0, 0.1) is 6.92 Å². The van der Waals surface area contributed by atoms with Crippen molar-refractivity contribution in [3.05, 3.63) is 29.6 Å². The lowest BCUT2D eigenvalue weighted by atomic mass is 9.83. The summed E-state index contributed by atoms with van der Waals surface area (Å²) in [4.78, 5) is 4.22. The molecule has 0 atom stereocenters. The number of rotatable bonds is 4. The van der Waals surface area contributed by atoms with Crippen LogP contribution >= 0.6 is 11.6 Å². The van der Waals surface area contributed by atoms with Gasteiger partial charge in [-0.25, -0.2) is 0 Å². The number of aryl methyl sites for hydroxylation is 1. The van der Waals surface area contributed by atoms with Crippen LogP contribution in [-0.2, 0) is 6.54 Å². The van der Waals surface area contributed by atoms with E-state index in [-0.39, 0.29) is 5.54 Å². The number of halogens is 1. The van der Waals surface area contributed by atoms with Crippen LogP contribution in [0.5, 0.6) is 0 Å². The van der Waals surface area contributed by atoms with Crippen molar-refractivity contribution in [2.45, 2.75) is 51.1 Å². The molecule has 1 fully saturated rings. The van der Waals surface area contributed by atoms with Crippen molar-refractivity contribution < 1.29 is 0 Å². The molecule has 0 saturated heterocycles. The predicted molar refractivity (Wildman–Crippen MR) is 72.3 cm³/mol. The standard InChI is InChI=1S/C14H21ClN2/c1-12-7-13(9-16-8-12)10-17-14(11-15)5-3-2-4-6-14/h7-9,17H,2-6,10-11H2,1H3. The molecule has 94 valence electrons. The zero-order chi connectivity index (χ0) is 12.1. The van der Waals surface area contributed by atoms with Gasteiger partial charge in [-0.1, -0.05) is 25.3 Å². The van der Waals surface area contributed by atoms with Crippen molar-refractivity contribution >= 4 is 11.6 Å². The summed E-state index contributed by atoms with van der Waals surface area (Å²) in [6.45, 7) is 2.95. The fourth-order valence-corrected chi connectivity index (χ4v) is 2.95. The van der Waals surface area contributed by atoms with E-state index in [1.165, 1.54) is 43.2 Å². The van der Waals surface area contributed by atoms with Gasteiger partial charge in [0, 0.05) is 30.4 Å². The highest BCUT2D eigenvalue weighted by molar-refractivity contribution is 6.18. The molecule has 0 aromatic carbocycles. The van der Waals surface area contributed by atoms with Crippen LogP contribution in [0.1, 0.15) is 43.2 Å². The number of nitrogens with one attached hydrogen (secondary N) is 1. The average molecular weight is 253 g/mol. The van der Waals surface area contributed by atoms with Crippen molar-refractivity contribution in [3.8, 4) is 0 Å². The first kappa shape index (κ1) is 12.8. The molecule has 1 aromatic rings. The van der Waals surface area contributed by atoms with E-state index < -0.39 is 0 Å². The topological polar surface area (TPSA) is 24.9 Å². The third kappa shape index (κ3) is 3.43. The smallest absolute Gasteiger partial charge is 0.0406 e. The second kappa shape index (κ2) is 5.83. The van der Waals surface area contributed by atoms with Crippen LogP contribution in [-0.4, -0.2) is 16.4 Å². The van der Waals surface area contributed by atoms with Crippen LogP contribution < -0.4 is 5.32 Å². The maximum Gasteiger partial charge on any atom is 0.0406 e. The summed E-state index contributed by atoms with van der Waals surface area (Å²) >= 11 is 6.16. The molecule has 1 aliphatic rings. The number of nitrogens with zero attached hydrogens (tertiary/aromatic N) is 1. The van der Waals surface area contributed by atoms with Gasteiger partial charge in [0.15, 0.2) is 0 Å². The van der Waals surface area contributed by atoms with Gasteiger partial charge < -0.3 is 5.32 Å². The Labute approximate surface area is 109 Å². The first-order chi connectivity index (χ1) is 8.24. The van der Waals surface area contributed by atoms with Gasteiger partial charge >= 0.3 is 0 Å². The van der Waals surface area contributed by atoms with Crippen LogP contribution in [0.3, 0.4) is 0 Å². The van der Waals surface area contributed by atoms with Gasteiger partial charge in [0.1, 0.15) is 0 Å². The lowest BCUT2D eigenvalue weighted by Crippen LogP contribution is -2.48. The predicted octanol–water partition coefficient (Wildman–Crippen LogP) is 3.42. The molecule has 17 heavy (non-hydrogen) atoms. The third-order valence-electron chi connectivity index (χ3n) is 3.67. The minimum Gasteiger partial charge on any atom is -0.306 e. The second-order valence-corrected chi connectivity index (χ2v) is 5.47. The molecule has 0 bridgehead atoms. The molecule has 1 aromatic heterocycles. The number of alkyl halides is 1. The number of pyridine rings is 1. The summed E-state index contributed by atoms with van der Waals surface area (Å²) in [7, 11) is 0. The molecule has 1 saturated carbocycles. The Morgan fingerprint density at radius 3 is 2.71 bits per heavy atom.